The van der Waals surface area contributed by atoms with Crippen LogP contribution in [0.3, 0.4) is 0 Å². The molecule has 1 aromatic heterocycles. The summed E-state index contributed by atoms with van der Waals surface area (Å²) in [5, 5.41) is 8.33. The molecule has 23 heavy (non-hydrogen) atoms. The Morgan fingerprint density at radius 2 is 2.09 bits per heavy atom. The van der Waals surface area contributed by atoms with Crippen LogP contribution in [0.4, 0.5) is 5.69 Å². The van der Waals surface area contributed by atoms with Gasteiger partial charge in [0, 0.05) is 6.07 Å². The first-order valence-electron chi connectivity index (χ1n) is 6.37. The van der Waals surface area contributed by atoms with Gasteiger partial charge >= 0.3 is 5.69 Å². The van der Waals surface area contributed by atoms with E-state index in [-0.39, 0.29) is 16.7 Å². The Morgan fingerprint density at radius 3 is 2.74 bits per heavy atom. The highest BCUT2D eigenvalue weighted by Crippen LogP contribution is 2.29. The number of amides is 1. The summed E-state index contributed by atoms with van der Waals surface area (Å²) in [5.74, 6) is 0.605. The fourth-order valence-corrected chi connectivity index (χ4v) is 2.30. The summed E-state index contributed by atoms with van der Waals surface area (Å²) in [6, 6.07) is 4.98. The monoisotopic (exact) mass is 338 g/mol. The van der Waals surface area contributed by atoms with E-state index in [0.29, 0.717) is 17.2 Å². The standard InChI is InChI=1S/C13H14N4O5S/c1-21-7-3-4-9(22-2)8(5-7)14-10(18)6-23-12-11(19)15-13(20)17-16-12/h3-5H,6H2,1-2H3,(H,14,18)(H2,15,17,19,20). The van der Waals surface area contributed by atoms with E-state index < -0.39 is 11.2 Å². The third kappa shape index (κ3) is 4.36. The molecule has 0 aliphatic carbocycles. The van der Waals surface area contributed by atoms with Crippen LogP contribution in [0.1, 0.15) is 0 Å². The Balaban J connectivity index is 2.05. The van der Waals surface area contributed by atoms with E-state index >= 15 is 0 Å². The Morgan fingerprint density at radius 1 is 1.30 bits per heavy atom. The smallest absolute Gasteiger partial charge is 0.342 e. The second-order valence-corrected chi connectivity index (χ2v) is 5.18. The van der Waals surface area contributed by atoms with Crippen molar-refractivity contribution in [3.8, 4) is 11.5 Å². The zero-order valence-corrected chi connectivity index (χ0v) is 13.2. The quantitative estimate of drug-likeness (QED) is 0.643. The Bertz CT molecular complexity index is 816. The number of hydrogen-bond acceptors (Lipinski definition) is 7. The van der Waals surface area contributed by atoms with Gasteiger partial charge in [0.2, 0.25) is 5.91 Å². The van der Waals surface area contributed by atoms with Crippen molar-refractivity contribution in [1.82, 2.24) is 15.2 Å². The fourth-order valence-electron chi connectivity index (χ4n) is 1.67. The number of carbonyl (C=O) groups excluding carboxylic acids is 1. The summed E-state index contributed by atoms with van der Waals surface area (Å²) in [4.78, 5) is 36.4. The summed E-state index contributed by atoms with van der Waals surface area (Å²) in [6.07, 6.45) is 0. The second kappa shape index (κ2) is 7.49. The number of nitrogens with zero attached hydrogens (tertiary/aromatic N) is 1. The SMILES string of the molecule is COc1ccc(OC)c(NC(=O)CSc2n[nH]c(=O)[nH]c2=O)c1. The molecule has 1 amide bonds. The predicted octanol–water partition coefficient (Wildman–Crippen LogP) is 0.206. The Kier molecular flexibility index (Phi) is 5.41. The molecule has 10 heteroatoms. The van der Waals surface area contributed by atoms with Crippen LogP contribution in [-0.2, 0) is 4.79 Å². The van der Waals surface area contributed by atoms with Crippen LogP contribution in [0, 0.1) is 0 Å². The number of anilines is 1. The lowest BCUT2D eigenvalue weighted by atomic mass is 10.2. The molecule has 1 heterocycles. The number of benzene rings is 1. The maximum Gasteiger partial charge on any atom is 0.342 e. The van der Waals surface area contributed by atoms with Crippen molar-refractivity contribution < 1.29 is 14.3 Å². The third-order valence-electron chi connectivity index (χ3n) is 2.70. The predicted molar refractivity (Wildman–Crippen MR) is 84.4 cm³/mol. The van der Waals surface area contributed by atoms with Crippen LogP contribution in [0.25, 0.3) is 0 Å². The summed E-state index contributed by atoms with van der Waals surface area (Å²) in [5.41, 5.74) is -0.906. The number of rotatable bonds is 6. The van der Waals surface area contributed by atoms with Gasteiger partial charge in [-0.3, -0.25) is 14.6 Å². The van der Waals surface area contributed by atoms with Gasteiger partial charge in [0.05, 0.1) is 25.7 Å². The van der Waals surface area contributed by atoms with Crippen molar-refractivity contribution in [3.63, 3.8) is 0 Å². The first-order chi connectivity index (χ1) is 11.0. The van der Waals surface area contributed by atoms with E-state index in [1.807, 2.05) is 4.98 Å². The van der Waals surface area contributed by atoms with Crippen molar-refractivity contribution in [3.05, 3.63) is 39.0 Å². The minimum atomic E-state index is -0.704. The largest absolute Gasteiger partial charge is 0.497 e. The molecule has 0 aliphatic heterocycles. The van der Waals surface area contributed by atoms with Crippen LogP contribution in [-0.4, -0.2) is 41.1 Å². The minimum absolute atomic E-state index is 0.00245. The van der Waals surface area contributed by atoms with Gasteiger partial charge in [-0.1, -0.05) is 11.8 Å². The molecule has 0 unspecified atom stereocenters. The van der Waals surface area contributed by atoms with Crippen LogP contribution in [0.5, 0.6) is 11.5 Å². The highest BCUT2D eigenvalue weighted by atomic mass is 32.2. The van der Waals surface area contributed by atoms with Gasteiger partial charge in [0.25, 0.3) is 5.56 Å². The lowest BCUT2D eigenvalue weighted by Gasteiger charge is -2.11. The van der Waals surface area contributed by atoms with Gasteiger partial charge in [-0.15, -0.1) is 0 Å². The average molecular weight is 338 g/mol. The molecule has 0 saturated heterocycles. The molecule has 1 aromatic carbocycles. The van der Waals surface area contributed by atoms with Crippen LogP contribution >= 0.6 is 11.8 Å². The van der Waals surface area contributed by atoms with Gasteiger partial charge in [0.15, 0.2) is 5.03 Å². The maximum atomic E-state index is 12.0. The van der Waals surface area contributed by atoms with Gasteiger partial charge in [-0.2, -0.15) is 5.10 Å². The van der Waals surface area contributed by atoms with E-state index in [4.69, 9.17) is 9.47 Å². The van der Waals surface area contributed by atoms with E-state index in [2.05, 4.69) is 15.5 Å². The summed E-state index contributed by atoms with van der Waals surface area (Å²) < 4.78 is 10.2. The van der Waals surface area contributed by atoms with Crippen molar-refractivity contribution in [2.75, 3.05) is 25.3 Å². The van der Waals surface area contributed by atoms with E-state index in [1.165, 1.54) is 14.2 Å². The number of ether oxygens (including phenoxy) is 2. The number of nitrogens with one attached hydrogen (secondary N) is 3. The molecule has 2 aromatic rings. The number of thioether (sulfide) groups is 1. The summed E-state index contributed by atoms with van der Waals surface area (Å²) in [7, 11) is 2.99. The van der Waals surface area contributed by atoms with Crippen molar-refractivity contribution in [2.24, 2.45) is 0 Å². The number of aromatic amines is 2. The number of methoxy groups -OCH3 is 2. The molecule has 122 valence electrons. The first kappa shape index (κ1) is 16.6. The number of carbonyl (C=O) groups is 1. The molecule has 0 bridgehead atoms. The lowest BCUT2D eigenvalue weighted by molar-refractivity contribution is -0.113. The van der Waals surface area contributed by atoms with E-state index in [1.54, 1.807) is 18.2 Å². The van der Waals surface area contributed by atoms with Crippen molar-refractivity contribution in [1.29, 1.82) is 0 Å². The van der Waals surface area contributed by atoms with Gasteiger partial charge in [0.1, 0.15) is 11.5 Å². The zero-order valence-electron chi connectivity index (χ0n) is 12.3. The van der Waals surface area contributed by atoms with Gasteiger partial charge < -0.3 is 14.8 Å². The molecule has 0 aliphatic rings. The van der Waals surface area contributed by atoms with Crippen LogP contribution in [0.2, 0.25) is 0 Å². The second-order valence-electron chi connectivity index (χ2n) is 4.22. The van der Waals surface area contributed by atoms with Crippen LogP contribution in [0.15, 0.2) is 32.8 Å². The van der Waals surface area contributed by atoms with Gasteiger partial charge in [-0.25, -0.2) is 9.89 Å². The molecule has 3 N–H and O–H groups in total. The highest BCUT2D eigenvalue weighted by molar-refractivity contribution is 7.99. The number of aromatic nitrogens is 3. The minimum Gasteiger partial charge on any atom is -0.497 e. The maximum absolute atomic E-state index is 12.0. The topological polar surface area (TPSA) is 126 Å². The normalized spacial score (nSPS) is 10.2. The summed E-state index contributed by atoms with van der Waals surface area (Å²) >= 11 is 0.897. The first-order valence-corrected chi connectivity index (χ1v) is 7.35. The third-order valence-corrected chi connectivity index (χ3v) is 3.66. The molecule has 2 rings (SSSR count). The van der Waals surface area contributed by atoms with Gasteiger partial charge in [-0.05, 0) is 12.1 Å². The molecule has 0 fully saturated rings. The number of hydrogen-bond donors (Lipinski definition) is 3. The molecule has 0 atom stereocenters. The Labute approximate surface area is 134 Å². The average Bonchev–Trinajstić information content (AvgIpc) is 2.54. The lowest BCUT2D eigenvalue weighted by Crippen LogP contribution is -2.25. The zero-order chi connectivity index (χ0) is 16.8. The molecule has 0 radical (unpaired) electrons. The fraction of sp³-hybridized carbons (Fsp3) is 0.231. The number of H-pyrrole nitrogens is 2. The molecule has 0 saturated carbocycles. The van der Waals surface area contributed by atoms with Crippen molar-refractivity contribution in [2.45, 2.75) is 5.03 Å². The van der Waals surface area contributed by atoms with Crippen molar-refractivity contribution >= 4 is 23.4 Å². The molecule has 0 spiro atoms. The molecular formula is C13H14N4O5S. The molecule has 9 nitrogen and oxygen atoms in total. The highest BCUT2D eigenvalue weighted by Gasteiger charge is 2.11. The van der Waals surface area contributed by atoms with E-state index in [9.17, 15) is 14.4 Å². The molecular weight excluding hydrogens is 324 g/mol. The Hall–Kier alpha value is -2.75. The summed E-state index contributed by atoms with van der Waals surface area (Å²) in [6.45, 7) is 0. The van der Waals surface area contributed by atoms with E-state index in [0.717, 1.165) is 11.8 Å². The van der Waals surface area contributed by atoms with Crippen LogP contribution < -0.4 is 26.0 Å².